The molecule has 122 valence electrons. The average Bonchev–Trinajstić information content (AvgIpc) is 3.54. The van der Waals surface area contributed by atoms with Crippen molar-refractivity contribution in [3.63, 3.8) is 0 Å². The Morgan fingerprint density at radius 2 is 1.58 bits per heavy atom. The first-order valence-corrected chi connectivity index (χ1v) is 8.98. The summed E-state index contributed by atoms with van der Waals surface area (Å²) in [7, 11) is 0. The SMILES string of the molecule is C(=C\[C@]12CCCC[C@@]1([C@H]1O[C@@H]1c1ccccc1)O2)/c1ccccc1. The van der Waals surface area contributed by atoms with Gasteiger partial charge in [0.25, 0.3) is 0 Å². The smallest absolute Gasteiger partial charge is 0.131 e. The maximum absolute atomic E-state index is 6.44. The van der Waals surface area contributed by atoms with Crippen LogP contribution in [0.3, 0.4) is 0 Å². The van der Waals surface area contributed by atoms with E-state index in [2.05, 4.69) is 72.8 Å². The number of ether oxygens (including phenoxy) is 2. The first kappa shape index (κ1) is 14.4. The quantitative estimate of drug-likeness (QED) is 0.747. The molecular formula is C22H22O2. The molecule has 0 aromatic heterocycles. The van der Waals surface area contributed by atoms with Crippen LogP contribution in [-0.2, 0) is 9.47 Å². The van der Waals surface area contributed by atoms with Crippen LogP contribution in [0, 0.1) is 0 Å². The summed E-state index contributed by atoms with van der Waals surface area (Å²) in [6, 6.07) is 21.0. The van der Waals surface area contributed by atoms with Crippen molar-refractivity contribution in [2.24, 2.45) is 0 Å². The Kier molecular flexibility index (Phi) is 3.19. The van der Waals surface area contributed by atoms with Crippen molar-refractivity contribution in [2.45, 2.75) is 49.1 Å². The highest BCUT2D eigenvalue weighted by Gasteiger charge is 2.78. The van der Waals surface area contributed by atoms with Crippen LogP contribution in [0.1, 0.15) is 42.9 Å². The second kappa shape index (κ2) is 5.30. The summed E-state index contributed by atoms with van der Waals surface area (Å²) in [4.78, 5) is 0. The third kappa shape index (κ3) is 2.17. The Balaban J connectivity index is 1.39. The molecule has 0 spiro atoms. The molecule has 2 aromatic rings. The van der Waals surface area contributed by atoms with Gasteiger partial charge in [0, 0.05) is 0 Å². The van der Waals surface area contributed by atoms with Gasteiger partial charge in [-0.3, -0.25) is 0 Å². The van der Waals surface area contributed by atoms with Crippen LogP contribution in [0.25, 0.3) is 6.08 Å². The monoisotopic (exact) mass is 318 g/mol. The molecule has 0 N–H and O–H groups in total. The first-order chi connectivity index (χ1) is 11.8. The highest BCUT2D eigenvalue weighted by molar-refractivity contribution is 5.53. The minimum atomic E-state index is -0.116. The summed E-state index contributed by atoms with van der Waals surface area (Å²) in [5, 5.41) is 0. The second-order valence-corrected chi connectivity index (χ2v) is 7.22. The van der Waals surface area contributed by atoms with Crippen molar-refractivity contribution in [3.8, 4) is 0 Å². The lowest BCUT2D eigenvalue weighted by atomic mass is 9.76. The normalized spacial score (nSPS) is 37.2. The van der Waals surface area contributed by atoms with E-state index in [0.29, 0.717) is 0 Å². The molecule has 3 fully saturated rings. The Labute approximate surface area is 143 Å². The molecule has 2 nitrogen and oxygen atoms in total. The number of epoxide rings is 2. The van der Waals surface area contributed by atoms with Gasteiger partial charge in [-0.1, -0.05) is 79.6 Å². The molecule has 2 aliphatic heterocycles. The molecule has 0 radical (unpaired) electrons. The molecular weight excluding hydrogens is 296 g/mol. The van der Waals surface area contributed by atoms with Gasteiger partial charge < -0.3 is 9.47 Å². The number of fused-ring (bicyclic) bond motifs is 1. The van der Waals surface area contributed by atoms with Crippen LogP contribution >= 0.6 is 0 Å². The van der Waals surface area contributed by atoms with Crippen LogP contribution < -0.4 is 0 Å². The Bertz CT molecular complexity index is 754. The summed E-state index contributed by atoms with van der Waals surface area (Å²) in [6.07, 6.45) is 9.62. The first-order valence-electron chi connectivity index (χ1n) is 8.98. The van der Waals surface area contributed by atoms with E-state index in [1.54, 1.807) is 0 Å². The predicted molar refractivity (Wildman–Crippen MR) is 94.5 cm³/mol. The summed E-state index contributed by atoms with van der Waals surface area (Å²) >= 11 is 0. The minimum Gasteiger partial charge on any atom is -0.361 e. The Hall–Kier alpha value is -1.90. The van der Waals surface area contributed by atoms with Crippen LogP contribution in [0.5, 0.6) is 0 Å². The van der Waals surface area contributed by atoms with Crippen molar-refractivity contribution in [3.05, 3.63) is 77.9 Å². The molecule has 0 bridgehead atoms. The molecule has 2 heteroatoms. The summed E-state index contributed by atoms with van der Waals surface area (Å²) in [5.41, 5.74) is 2.30. The van der Waals surface area contributed by atoms with Gasteiger partial charge in [-0.05, 0) is 30.0 Å². The predicted octanol–water partition coefficient (Wildman–Crippen LogP) is 4.92. The summed E-state index contributed by atoms with van der Waals surface area (Å²) < 4.78 is 12.5. The number of rotatable bonds is 4. The third-order valence-corrected chi connectivity index (χ3v) is 5.81. The lowest BCUT2D eigenvalue weighted by Crippen LogP contribution is -2.33. The van der Waals surface area contributed by atoms with Gasteiger partial charge in [0.05, 0.1) is 0 Å². The third-order valence-electron chi connectivity index (χ3n) is 5.81. The fraction of sp³-hybridized carbons (Fsp3) is 0.364. The Morgan fingerprint density at radius 1 is 0.875 bits per heavy atom. The molecule has 4 atom stereocenters. The van der Waals surface area contributed by atoms with Crippen LogP contribution in [0.4, 0.5) is 0 Å². The van der Waals surface area contributed by atoms with Gasteiger partial charge in [0.15, 0.2) is 0 Å². The zero-order valence-electron chi connectivity index (χ0n) is 13.7. The number of hydrogen-bond donors (Lipinski definition) is 0. The van der Waals surface area contributed by atoms with Crippen molar-refractivity contribution in [2.75, 3.05) is 0 Å². The lowest BCUT2D eigenvalue weighted by molar-refractivity contribution is 0.221. The lowest BCUT2D eigenvalue weighted by Gasteiger charge is -2.21. The zero-order chi connectivity index (χ0) is 16.0. The summed E-state index contributed by atoms with van der Waals surface area (Å²) in [5.74, 6) is 0. The maximum atomic E-state index is 6.44. The zero-order valence-corrected chi connectivity index (χ0v) is 13.7. The van der Waals surface area contributed by atoms with Gasteiger partial charge >= 0.3 is 0 Å². The minimum absolute atomic E-state index is 0.100. The van der Waals surface area contributed by atoms with E-state index in [1.807, 2.05) is 0 Å². The van der Waals surface area contributed by atoms with E-state index >= 15 is 0 Å². The standard InChI is InChI=1S/C22H22O2/c1-3-9-17(10-4-1)13-16-21-14-7-8-15-22(21,24-21)20-19(23-20)18-11-5-2-6-12-18/h1-6,9-13,16,19-20H,7-8,14-15H2/b16-13+/t19-,20+,21-,22+/m1/s1. The molecule has 1 saturated carbocycles. The van der Waals surface area contributed by atoms with Gasteiger partial charge in [0.1, 0.15) is 23.4 Å². The van der Waals surface area contributed by atoms with E-state index in [9.17, 15) is 0 Å². The fourth-order valence-electron chi connectivity index (χ4n) is 4.46. The van der Waals surface area contributed by atoms with Gasteiger partial charge in [-0.2, -0.15) is 0 Å². The van der Waals surface area contributed by atoms with E-state index in [1.165, 1.54) is 24.0 Å². The van der Waals surface area contributed by atoms with Crippen molar-refractivity contribution in [1.82, 2.24) is 0 Å². The molecule has 2 saturated heterocycles. The van der Waals surface area contributed by atoms with E-state index in [4.69, 9.17) is 9.47 Å². The number of hydrogen-bond acceptors (Lipinski definition) is 2. The largest absolute Gasteiger partial charge is 0.361 e. The molecule has 5 rings (SSSR count). The second-order valence-electron chi connectivity index (χ2n) is 7.22. The highest BCUT2D eigenvalue weighted by Crippen LogP contribution is 2.67. The summed E-state index contributed by atoms with van der Waals surface area (Å²) in [6.45, 7) is 0. The average molecular weight is 318 g/mol. The highest BCUT2D eigenvalue weighted by atomic mass is 16.7. The van der Waals surface area contributed by atoms with Crippen LogP contribution in [0.15, 0.2) is 66.7 Å². The van der Waals surface area contributed by atoms with Crippen LogP contribution in [0.2, 0.25) is 0 Å². The van der Waals surface area contributed by atoms with E-state index < -0.39 is 0 Å². The van der Waals surface area contributed by atoms with Gasteiger partial charge in [-0.15, -0.1) is 0 Å². The Morgan fingerprint density at radius 3 is 2.38 bits per heavy atom. The van der Waals surface area contributed by atoms with Gasteiger partial charge in [0.2, 0.25) is 0 Å². The van der Waals surface area contributed by atoms with Crippen molar-refractivity contribution >= 4 is 6.08 Å². The molecule has 0 unspecified atom stereocenters. The maximum Gasteiger partial charge on any atom is 0.131 e. The molecule has 2 aromatic carbocycles. The molecule has 2 heterocycles. The van der Waals surface area contributed by atoms with E-state index in [0.717, 1.165) is 12.8 Å². The number of benzene rings is 2. The van der Waals surface area contributed by atoms with Crippen molar-refractivity contribution in [1.29, 1.82) is 0 Å². The topological polar surface area (TPSA) is 25.1 Å². The van der Waals surface area contributed by atoms with Gasteiger partial charge in [-0.25, -0.2) is 0 Å². The van der Waals surface area contributed by atoms with Crippen molar-refractivity contribution < 1.29 is 9.47 Å². The molecule has 3 aliphatic rings. The fourth-order valence-corrected chi connectivity index (χ4v) is 4.46. The van der Waals surface area contributed by atoms with E-state index in [-0.39, 0.29) is 23.4 Å². The van der Waals surface area contributed by atoms with Crippen LogP contribution in [-0.4, -0.2) is 17.3 Å². The molecule has 0 amide bonds. The molecule has 24 heavy (non-hydrogen) atoms. The molecule has 1 aliphatic carbocycles.